The highest BCUT2D eigenvalue weighted by Gasteiger charge is 2.52. The number of nitrogens with zero attached hydrogens (tertiary/aromatic N) is 1. The maximum atomic E-state index is 12.7. The van der Waals surface area contributed by atoms with Gasteiger partial charge in [-0.05, 0) is 44.7 Å². The zero-order valence-corrected chi connectivity index (χ0v) is 15.8. The van der Waals surface area contributed by atoms with E-state index in [1.54, 1.807) is 0 Å². The molecule has 2 fully saturated rings. The highest BCUT2D eigenvalue weighted by molar-refractivity contribution is 7.89. The lowest BCUT2D eigenvalue weighted by Gasteiger charge is -2.31. The van der Waals surface area contributed by atoms with E-state index < -0.39 is 27.4 Å². The summed E-state index contributed by atoms with van der Waals surface area (Å²) in [6.07, 6.45) is 1.54. The van der Waals surface area contributed by atoms with Crippen LogP contribution in [0.3, 0.4) is 0 Å². The molecule has 9 heteroatoms. The summed E-state index contributed by atoms with van der Waals surface area (Å²) in [6.45, 7) is 1.79. The number of rotatable bonds is 6. The summed E-state index contributed by atoms with van der Waals surface area (Å²) < 4.78 is 26.8. The summed E-state index contributed by atoms with van der Waals surface area (Å²) in [5, 5.41) is 11.8. The van der Waals surface area contributed by atoms with Crippen molar-refractivity contribution in [2.45, 2.75) is 43.0 Å². The lowest BCUT2D eigenvalue weighted by molar-refractivity contribution is -0.144. The van der Waals surface area contributed by atoms with Crippen LogP contribution in [0.2, 0.25) is 0 Å². The molecule has 1 aliphatic carbocycles. The van der Waals surface area contributed by atoms with Gasteiger partial charge >= 0.3 is 5.97 Å². The molecule has 0 atom stereocenters. The summed E-state index contributed by atoms with van der Waals surface area (Å²) in [6, 6.07) is 5.79. The number of Topliss-reactive ketones (excluding diaryl/α,β-unsaturated/α-hetero) is 1. The van der Waals surface area contributed by atoms with Crippen molar-refractivity contribution >= 4 is 27.7 Å². The van der Waals surface area contributed by atoms with Gasteiger partial charge in [0.2, 0.25) is 15.9 Å². The number of amides is 1. The minimum atomic E-state index is -3.69. The quantitative estimate of drug-likeness (QED) is 0.695. The molecule has 0 bridgehead atoms. The third kappa shape index (κ3) is 3.89. The monoisotopic (exact) mass is 394 g/mol. The number of carboxylic acid groups (broad SMARTS) is 1. The van der Waals surface area contributed by atoms with Crippen molar-refractivity contribution in [2.24, 2.45) is 5.92 Å². The van der Waals surface area contributed by atoms with E-state index in [9.17, 15) is 22.8 Å². The van der Waals surface area contributed by atoms with Gasteiger partial charge in [0.05, 0.1) is 4.90 Å². The molecule has 146 valence electrons. The molecule has 1 saturated carbocycles. The van der Waals surface area contributed by atoms with Gasteiger partial charge in [-0.2, -0.15) is 4.31 Å². The molecule has 1 aromatic carbocycles. The van der Waals surface area contributed by atoms with Gasteiger partial charge in [-0.1, -0.05) is 12.1 Å². The van der Waals surface area contributed by atoms with Gasteiger partial charge in [0.25, 0.3) is 0 Å². The zero-order valence-electron chi connectivity index (χ0n) is 15.0. The van der Waals surface area contributed by atoms with Gasteiger partial charge in [0, 0.05) is 24.6 Å². The Hall–Kier alpha value is -2.26. The van der Waals surface area contributed by atoms with Crippen molar-refractivity contribution in [3.05, 3.63) is 29.8 Å². The molecule has 1 saturated heterocycles. The molecule has 0 spiro atoms. The number of carboxylic acids is 1. The van der Waals surface area contributed by atoms with Gasteiger partial charge < -0.3 is 10.4 Å². The Bertz CT molecular complexity index is 866. The summed E-state index contributed by atoms with van der Waals surface area (Å²) in [4.78, 5) is 34.9. The molecule has 2 N–H and O–H groups in total. The molecule has 1 amide bonds. The smallest absolute Gasteiger partial charge is 0.329 e. The number of hydrogen-bond acceptors (Lipinski definition) is 5. The number of piperidine rings is 1. The predicted octanol–water partition coefficient (Wildman–Crippen LogP) is 1.02. The molecule has 8 nitrogen and oxygen atoms in total. The van der Waals surface area contributed by atoms with E-state index in [1.807, 2.05) is 0 Å². The van der Waals surface area contributed by atoms with Crippen LogP contribution in [0.4, 0.5) is 0 Å². The Morgan fingerprint density at radius 1 is 1.11 bits per heavy atom. The second-order valence-electron chi connectivity index (χ2n) is 7.14. The van der Waals surface area contributed by atoms with E-state index in [2.05, 4.69) is 5.32 Å². The van der Waals surface area contributed by atoms with Crippen LogP contribution in [-0.2, 0) is 19.6 Å². The highest BCUT2D eigenvalue weighted by Crippen LogP contribution is 2.36. The van der Waals surface area contributed by atoms with Crippen molar-refractivity contribution in [2.75, 3.05) is 13.1 Å². The number of carbonyl (C=O) groups excluding carboxylic acids is 2. The standard InChI is InChI=1S/C18H22N2O6S/c1-12(21)13-2-4-15(5-3-13)27(25,26)20-10-6-14(7-11-20)16(22)19-18(8-9-18)17(23)24/h2-5,14H,6-11H2,1H3,(H,19,22)(H,23,24). The number of hydrogen-bond donors (Lipinski definition) is 2. The summed E-state index contributed by atoms with van der Waals surface area (Å²) in [7, 11) is -3.69. The van der Waals surface area contributed by atoms with Crippen LogP contribution in [0.5, 0.6) is 0 Å². The Balaban J connectivity index is 1.61. The maximum Gasteiger partial charge on any atom is 0.329 e. The largest absolute Gasteiger partial charge is 0.480 e. The number of ketones is 1. The Labute approximate surface area is 157 Å². The zero-order chi connectivity index (χ0) is 19.8. The van der Waals surface area contributed by atoms with E-state index in [0.29, 0.717) is 31.2 Å². The van der Waals surface area contributed by atoms with Crippen LogP contribution in [-0.4, -0.2) is 54.1 Å². The van der Waals surface area contributed by atoms with E-state index in [1.165, 1.54) is 35.5 Å². The minimum absolute atomic E-state index is 0.109. The van der Waals surface area contributed by atoms with E-state index >= 15 is 0 Å². The number of carbonyl (C=O) groups is 3. The van der Waals surface area contributed by atoms with Crippen molar-refractivity contribution in [1.29, 1.82) is 0 Å². The number of benzene rings is 1. The summed E-state index contributed by atoms with van der Waals surface area (Å²) >= 11 is 0. The Morgan fingerprint density at radius 3 is 2.11 bits per heavy atom. The van der Waals surface area contributed by atoms with E-state index in [-0.39, 0.29) is 29.7 Å². The minimum Gasteiger partial charge on any atom is -0.480 e. The molecule has 3 rings (SSSR count). The molecule has 27 heavy (non-hydrogen) atoms. The van der Waals surface area contributed by atoms with Gasteiger partial charge in [-0.25, -0.2) is 13.2 Å². The van der Waals surface area contributed by atoms with Crippen molar-refractivity contribution < 1.29 is 27.9 Å². The van der Waals surface area contributed by atoms with Crippen LogP contribution < -0.4 is 5.32 Å². The average Bonchev–Trinajstić information content (AvgIpc) is 3.42. The normalized spacial score (nSPS) is 20.0. The Kier molecular flexibility index (Phi) is 5.09. The van der Waals surface area contributed by atoms with Crippen molar-refractivity contribution in [1.82, 2.24) is 9.62 Å². The fourth-order valence-corrected chi connectivity index (χ4v) is 4.69. The number of sulfonamides is 1. The van der Waals surface area contributed by atoms with Gasteiger partial charge in [0.1, 0.15) is 5.54 Å². The molecule has 1 heterocycles. The molecular formula is C18H22N2O6S. The fourth-order valence-electron chi connectivity index (χ4n) is 3.22. The highest BCUT2D eigenvalue weighted by atomic mass is 32.2. The first-order chi connectivity index (χ1) is 12.7. The Morgan fingerprint density at radius 2 is 1.67 bits per heavy atom. The van der Waals surface area contributed by atoms with E-state index in [0.717, 1.165) is 0 Å². The topological polar surface area (TPSA) is 121 Å². The third-order valence-corrected chi connectivity index (χ3v) is 7.16. The molecule has 0 aromatic heterocycles. The fraction of sp³-hybridized carbons (Fsp3) is 0.500. The summed E-state index contributed by atoms with van der Waals surface area (Å²) in [5.74, 6) is -1.88. The second kappa shape index (κ2) is 7.05. The maximum absolute atomic E-state index is 12.7. The number of nitrogens with one attached hydrogen (secondary N) is 1. The van der Waals surface area contributed by atoms with Crippen LogP contribution in [0.15, 0.2) is 29.2 Å². The lowest BCUT2D eigenvalue weighted by Crippen LogP contribution is -2.48. The molecule has 1 aliphatic heterocycles. The third-order valence-electron chi connectivity index (χ3n) is 5.25. The van der Waals surface area contributed by atoms with E-state index in [4.69, 9.17) is 5.11 Å². The first kappa shape index (κ1) is 19.5. The first-order valence-electron chi connectivity index (χ1n) is 8.82. The second-order valence-corrected chi connectivity index (χ2v) is 9.07. The van der Waals surface area contributed by atoms with Crippen LogP contribution in [0.1, 0.15) is 43.0 Å². The molecule has 1 aromatic rings. The van der Waals surface area contributed by atoms with Crippen LogP contribution in [0.25, 0.3) is 0 Å². The van der Waals surface area contributed by atoms with Gasteiger partial charge in [0.15, 0.2) is 5.78 Å². The molecular weight excluding hydrogens is 372 g/mol. The molecule has 0 unspecified atom stereocenters. The first-order valence-corrected chi connectivity index (χ1v) is 10.3. The van der Waals surface area contributed by atoms with Crippen molar-refractivity contribution in [3.8, 4) is 0 Å². The number of aliphatic carboxylic acids is 1. The van der Waals surface area contributed by atoms with Crippen LogP contribution in [0, 0.1) is 5.92 Å². The molecule has 0 radical (unpaired) electrons. The average molecular weight is 394 g/mol. The SMILES string of the molecule is CC(=O)c1ccc(S(=O)(=O)N2CCC(C(=O)NC3(C(=O)O)CC3)CC2)cc1. The summed E-state index contributed by atoms with van der Waals surface area (Å²) in [5.41, 5.74) is -0.685. The molecule has 2 aliphatic rings. The van der Waals surface area contributed by atoms with Gasteiger partial charge in [-0.15, -0.1) is 0 Å². The van der Waals surface area contributed by atoms with Crippen LogP contribution >= 0.6 is 0 Å². The van der Waals surface area contributed by atoms with Crippen molar-refractivity contribution in [3.63, 3.8) is 0 Å². The predicted molar refractivity (Wildman–Crippen MR) is 95.7 cm³/mol. The van der Waals surface area contributed by atoms with Gasteiger partial charge in [-0.3, -0.25) is 9.59 Å². The lowest BCUT2D eigenvalue weighted by atomic mass is 9.96.